The minimum Gasteiger partial charge on any atom is -0.481 e. The highest BCUT2D eigenvalue weighted by molar-refractivity contribution is 7.92. The summed E-state index contributed by atoms with van der Waals surface area (Å²) in [7, 11) is -6.24. The number of benzene rings is 1. The Labute approximate surface area is 211 Å². The van der Waals surface area contributed by atoms with E-state index < -0.39 is 62.3 Å². The predicted molar refractivity (Wildman–Crippen MR) is 109 cm³/mol. The number of alkyl halides is 9. The monoisotopic (exact) mass is 592 g/mol. The van der Waals surface area contributed by atoms with Gasteiger partial charge in [-0.1, -0.05) is 0 Å². The Balaban J connectivity index is 1.88. The molecular weight excluding hydrogens is 579 g/mol. The molecule has 3 aromatic rings. The summed E-state index contributed by atoms with van der Waals surface area (Å²) in [6.45, 7) is -0.380. The first-order chi connectivity index (χ1) is 17.8. The summed E-state index contributed by atoms with van der Waals surface area (Å²) < 4.78 is 144. The summed E-state index contributed by atoms with van der Waals surface area (Å²) in [5, 5.41) is 5.92. The van der Waals surface area contributed by atoms with Gasteiger partial charge in [0.2, 0.25) is 0 Å². The Bertz CT molecular complexity index is 1450. The van der Waals surface area contributed by atoms with Gasteiger partial charge in [0.25, 0.3) is 21.7 Å². The van der Waals surface area contributed by atoms with Crippen LogP contribution in [0.4, 0.5) is 39.5 Å². The van der Waals surface area contributed by atoms with Crippen molar-refractivity contribution in [1.29, 1.82) is 0 Å². The summed E-state index contributed by atoms with van der Waals surface area (Å²) in [5.74, 6) is -2.20. The highest BCUT2D eigenvalue weighted by Gasteiger charge is 2.48. The molecule has 39 heavy (non-hydrogen) atoms. The van der Waals surface area contributed by atoms with Crippen LogP contribution < -0.4 is 10.1 Å². The van der Waals surface area contributed by atoms with Gasteiger partial charge in [-0.2, -0.15) is 49.3 Å². The summed E-state index contributed by atoms with van der Waals surface area (Å²) in [5.41, 5.74) is -8.83. The van der Waals surface area contributed by atoms with Gasteiger partial charge in [0.15, 0.2) is 18.2 Å². The topological polar surface area (TPSA) is 129 Å². The van der Waals surface area contributed by atoms with Crippen molar-refractivity contribution in [2.24, 2.45) is 0 Å². The first-order valence-electron chi connectivity index (χ1n) is 10.1. The maximum atomic E-state index is 13.2. The highest BCUT2D eigenvalue weighted by atomic mass is 32.2. The molecule has 0 aliphatic heterocycles. The maximum Gasteiger partial charge on any atom is 0.501 e. The zero-order valence-electron chi connectivity index (χ0n) is 18.9. The number of carbonyl (C=O) groups is 1. The lowest BCUT2D eigenvalue weighted by Gasteiger charge is -2.16. The fraction of sp³-hybridized carbons (Fsp3) is 0.316. The fourth-order valence-corrected chi connectivity index (χ4v) is 3.72. The number of amides is 1. The van der Waals surface area contributed by atoms with Crippen LogP contribution in [0.2, 0.25) is 0 Å². The molecule has 0 aliphatic rings. The van der Waals surface area contributed by atoms with E-state index in [1.54, 1.807) is 0 Å². The predicted octanol–water partition coefficient (Wildman–Crippen LogP) is 3.80. The van der Waals surface area contributed by atoms with Gasteiger partial charge in [0.05, 0.1) is 28.9 Å². The van der Waals surface area contributed by atoms with Crippen LogP contribution in [-0.2, 0) is 16.0 Å². The second-order valence-electron chi connectivity index (χ2n) is 7.54. The van der Waals surface area contributed by atoms with Crippen LogP contribution in [0.1, 0.15) is 34.7 Å². The van der Waals surface area contributed by atoms with Crippen molar-refractivity contribution in [3.8, 4) is 11.7 Å². The van der Waals surface area contributed by atoms with Gasteiger partial charge >= 0.3 is 17.9 Å². The summed E-state index contributed by atoms with van der Waals surface area (Å²) in [6.07, 6.45) is -7.25. The Kier molecular flexibility index (Phi) is 7.82. The van der Waals surface area contributed by atoms with E-state index in [9.17, 15) is 52.7 Å². The summed E-state index contributed by atoms with van der Waals surface area (Å²) >= 11 is 0. The zero-order chi connectivity index (χ0) is 29.4. The standard InChI is InChI=1S/C19H13F9N6O4S/c1-9(14-31-8-32-34(14)16-29-5-12(6-30-16)38-7-17(20,21)22)33-15(35)10-2-11(18(23,24)25)4-13(3-10)39(36,37)19(26,27)28/h2-6,8-9H,7H2,1H3,(H,33,35). The number of ether oxygens (including phenoxy) is 1. The number of sulfone groups is 1. The Morgan fingerprint density at radius 2 is 1.62 bits per heavy atom. The van der Waals surface area contributed by atoms with Crippen molar-refractivity contribution in [1.82, 2.24) is 30.0 Å². The average molecular weight is 592 g/mol. The van der Waals surface area contributed by atoms with E-state index in [4.69, 9.17) is 0 Å². The van der Waals surface area contributed by atoms with Crippen molar-refractivity contribution in [3.05, 3.63) is 53.9 Å². The summed E-state index contributed by atoms with van der Waals surface area (Å²) in [4.78, 5) is 22.2. The van der Waals surface area contributed by atoms with E-state index in [2.05, 4.69) is 30.1 Å². The minimum absolute atomic E-state index is 0.133. The number of nitrogens with one attached hydrogen (secondary N) is 1. The van der Waals surface area contributed by atoms with E-state index in [0.29, 0.717) is 0 Å². The average Bonchev–Trinajstić information content (AvgIpc) is 3.31. The molecule has 1 N–H and O–H groups in total. The largest absolute Gasteiger partial charge is 0.501 e. The molecule has 2 heterocycles. The number of carbonyl (C=O) groups excluding carboxylic acids is 1. The third-order valence-corrected chi connectivity index (χ3v) is 6.09. The fourth-order valence-electron chi connectivity index (χ4n) is 2.89. The van der Waals surface area contributed by atoms with E-state index in [-0.39, 0.29) is 35.7 Å². The molecule has 3 rings (SSSR count). The van der Waals surface area contributed by atoms with Gasteiger partial charge in [-0.3, -0.25) is 4.79 Å². The number of rotatable bonds is 7. The lowest BCUT2D eigenvalue weighted by molar-refractivity contribution is -0.153. The van der Waals surface area contributed by atoms with E-state index in [1.165, 1.54) is 6.92 Å². The number of hydrogen-bond donors (Lipinski definition) is 1. The number of halogens is 9. The second-order valence-corrected chi connectivity index (χ2v) is 9.48. The highest BCUT2D eigenvalue weighted by Crippen LogP contribution is 2.36. The quantitative estimate of drug-likeness (QED) is 0.411. The van der Waals surface area contributed by atoms with Crippen LogP contribution in [0.3, 0.4) is 0 Å². The molecule has 1 aromatic carbocycles. The number of nitrogens with zero attached hydrogens (tertiary/aromatic N) is 5. The number of hydrogen-bond acceptors (Lipinski definition) is 8. The van der Waals surface area contributed by atoms with Gasteiger partial charge in [0, 0.05) is 5.56 Å². The van der Waals surface area contributed by atoms with Gasteiger partial charge < -0.3 is 10.1 Å². The minimum atomic E-state index is -6.24. The third-order valence-electron chi connectivity index (χ3n) is 4.63. The smallest absolute Gasteiger partial charge is 0.481 e. The summed E-state index contributed by atoms with van der Waals surface area (Å²) in [6, 6.07) is -1.19. The molecule has 212 valence electrons. The molecule has 20 heteroatoms. The van der Waals surface area contributed by atoms with Crippen molar-refractivity contribution in [2.75, 3.05) is 6.61 Å². The van der Waals surface area contributed by atoms with Crippen LogP contribution in [0.5, 0.6) is 5.75 Å². The molecule has 10 nitrogen and oxygen atoms in total. The first kappa shape index (κ1) is 29.6. The second kappa shape index (κ2) is 10.3. The van der Waals surface area contributed by atoms with Gasteiger partial charge in [-0.25, -0.2) is 23.4 Å². The molecule has 0 fully saturated rings. The molecule has 2 aromatic heterocycles. The van der Waals surface area contributed by atoms with Gasteiger partial charge in [0.1, 0.15) is 6.33 Å². The Hall–Kier alpha value is -3.97. The molecule has 0 radical (unpaired) electrons. The van der Waals surface area contributed by atoms with Crippen LogP contribution in [0.15, 0.2) is 41.8 Å². The molecule has 1 amide bonds. The molecule has 0 aliphatic carbocycles. The van der Waals surface area contributed by atoms with Crippen LogP contribution >= 0.6 is 0 Å². The van der Waals surface area contributed by atoms with E-state index in [0.717, 1.165) is 23.4 Å². The lowest BCUT2D eigenvalue weighted by atomic mass is 10.1. The molecule has 0 bridgehead atoms. The lowest BCUT2D eigenvalue weighted by Crippen LogP contribution is -2.30. The van der Waals surface area contributed by atoms with Gasteiger partial charge in [-0.15, -0.1) is 0 Å². The van der Waals surface area contributed by atoms with Crippen LogP contribution in [0, 0.1) is 0 Å². The molecule has 1 atom stereocenters. The van der Waals surface area contributed by atoms with Crippen molar-refractivity contribution in [3.63, 3.8) is 0 Å². The maximum absolute atomic E-state index is 13.2. The van der Waals surface area contributed by atoms with Crippen molar-refractivity contribution in [2.45, 2.75) is 35.7 Å². The third kappa shape index (κ3) is 6.92. The Morgan fingerprint density at radius 3 is 2.15 bits per heavy atom. The van der Waals surface area contributed by atoms with Crippen molar-refractivity contribution < 1.29 is 57.5 Å². The molecular formula is C19H13F9N6O4S. The SMILES string of the molecule is CC(NC(=O)c1cc(C(F)(F)F)cc(S(=O)(=O)C(F)(F)F)c1)c1ncnn1-c1ncc(OCC(F)(F)F)cn1. The van der Waals surface area contributed by atoms with E-state index in [1.807, 2.05) is 0 Å². The number of aromatic nitrogens is 5. The van der Waals surface area contributed by atoms with Gasteiger partial charge in [-0.05, 0) is 25.1 Å². The van der Waals surface area contributed by atoms with Crippen molar-refractivity contribution >= 4 is 15.7 Å². The first-order valence-corrected chi connectivity index (χ1v) is 11.5. The van der Waals surface area contributed by atoms with E-state index >= 15 is 0 Å². The molecule has 0 spiro atoms. The zero-order valence-corrected chi connectivity index (χ0v) is 19.7. The van der Waals surface area contributed by atoms with Crippen LogP contribution in [0.25, 0.3) is 5.95 Å². The van der Waals surface area contributed by atoms with Crippen LogP contribution in [-0.4, -0.2) is 57.3 Å². The molecule has 1 unspecified atom stereocenters. The normalized spacial score (nSPS) is 13.7. The Morgan fingerprint density at radius 1 is 1.00 bits per heavy atom. The molecule has 0 saturated heterocycles. The molecule has 0 saturated carbocycles.